The second kappa shape index (κ2) is 8.04. The molecule has 2 aliphatic heterocycles. The lowest BCUT2D eigenvalue weighted by atomic mass is 10.2. The molecule has 2 aliphatic rings. The summed E-state index contributed by atoms with van der Waals surface area (Å²) < 4.78 is 5.69. The summed E-state index contributed by atoms with van der Waals surface area (Å²) in [6.07, 6.45) is 1.20. The number of morpholine rings is 1. The fraction of sp³-hybridized carbons (Fsp3) is 0.923. The van der Waals surface area contributed by atoms with Crippen molar-refractivity contribution in [2.75, 3.05) is 45.8 Å². The number of nitrogens with zero attached hydrogens (tertiary/aromatic N) is 2. The van der Waals surface area contributed by atoms with Gasteiger partial charge in [0.2, 0.25) is 5.91 Å². The number of ether oxygens (including phenoxy) is 1. The van der Waals surface area contributed by atoms with Gasteiger partial charge in [0, 0.05) is 52.2 Å². The molecule has 2 saturated heterocycles. The minimum absolute atomic E-state index is 0. The van der Waals surface area contributed by atoms with E-state index in [1.54, 1.807) is 0 Å². The molecule has 2 rings (SSSR count). The quantitative estimate of drug-likeness (QED) is 0.814. The van der Waals surface area contributed by atoms with Gasteiger partial charge >= 0.3 is 0 Å². The first-order valence-corrected chi connectivity index (χ1v) is 7.01. The first-order chi connectivity index (χ1) is 8.65. The second-order valence-electron chi connectivity index (χ2n) is 5.40. The Morgan fingerprint density at radius 1 is 1.21 bits per heavy atom. The summed E-state index contributed by atoms with van der Waals surface area (Å²) in [5, 5.41) is 3.27. The van der Waals surface area contributed by atoms with Crippen molar-refractivity contribution in [3.8, 4) is 0 Å². The lowest BCUT2D eigenvalue weighted by molar-refractivity contribution is -0.133. The van der Waals surface area contributed by atoms with Crippen LogP contribution in [0.1, 0.15) is 20.3 Å². The van der Waals surface area contributed by atoms with Crippen molar-refractivity contribution in [2.24, 2.45) is 0 Å². The summed E-state index contributed by atoms with van der Waals surface area (Å²) in [6.45, 7) is 10.5. The summed E-state index contributed by atoms with van der Waals surface area (Å²) in [5.41, 5.74) is 0. The summed E-state index contributed by atoms with van der Waals surface area (Å²) in [5.74, 6) is 0.295. The SMILES string of the molecule is CC1CN(CCC(=O)N2CCNCC2)CC(C)O1.Cl. The molecule has 0 aromatic heterocycles. The van der Waals surface area contributed by atoms with Crippen molar-refractivity contribution in [2.45, 2.75) is 32.5 Å². The van der Waals surface area contributed by atoms with Crippen molar-refractivity contribution in [3.63, 3.8) is 0 Å². The van der Waals surface area contributed by atoms with E-state index in [-0.39, 0.29) is 24.6 Å². The number of hydrogen-bond donors (Lipinski definition) is 1. The third-order valence-electron chi connectivity index (χ3n) is 3.61. The van der Waals surface area contributed by atoms with Crippen LogP contribution in [0.2, 0.25) is 0 Å². The van der Waals surface area contributed by atoms with Crippen LogP contribution in [0.3, 0.4) is 0 Å². The van der Waals surface area contributed by atoms with Crippen molar-refractivity contribution in [3.05, 3.63) is 0 Å². The molecule has 2 unspecified atom stereocenters. The lowest BCUT2D eigenvalue weighted by Gasteiger charge is -2.35. The lowest BCUT2D eigenvalue weighted by Crippen LogP contribution is -2.49. The van der Waals surface area contributed by atoms with Gasteiger partial charge in [-0.15, -0.1) is 12.4 Å². The second-order valence-corrected chi connectivity index (χ2v) is 5.40. The smallest absolute Gasteiger partial charge is 0.223 e. The molecule has 2 heterocycles. The standard InChI is InChI=1S/C13H25N3O2.ClH/c1-11-9-15(10-12(2)18-11)6-3-13(17)16-7-4-14-5-8-16;/h11-12,14H,3-10H2,1-2H3;1H. The van der Waals surface area contributed by atoms with Crippen LogP contribution in [-0.2, 0) is 9.53 Å². The molecule has 5 nitrogen and oxygen atoms in total. The Kier molecular flexibility index (Phi) is 7.07. The molecule has 2 atom stereocenters. The van der Waals surface area contributed by atoms with E-state index < -0.39 is 0 Å². The van der Waals surface area contributed by atoms with Gasteiger partial charge in [0.15, 0.2) is 0 Å². The van der Waals surface area contributed by atoms with Gasteiger partial charge in [-0.2, -0.15) is 0 Å². The van der Waals surface area contributed by atoms with E-state index in [0.717, 1.165) is 45.8 Å². The summed E-state index contributed by atoms with van der Waals surface area (Å²) in [4.78, 5) is 16.4. The molecular formula is C13H26ClN3O2. The van der Waals surface area contributed by atoms with E-state index in [2.05, 4.69) is 24.1 Å². The average molecular weight is 292 g/mol. The van der Waals surface area contributed by atoms with E-state index in [1.807, 2.05) is 4.90 Å². The molecule has 2 fully saturated rings. The number of nitrogens with one attached hydrogen (secondary N) is 1. The maximum Gasteiger partial charge on any atom is 0.223 e. The average Bonchev–Trinajstić information content (AvgIpc) is 2.36. The van der Waals surface area contributed by atoms with Crippen LogP contribution in [0.15, 0.2) is 0 Å². The molecule has 0 bridgehead atoms. The Labute approximate surface area is 122 Å². The van der Waals surface area contributed by atoms with Gasteiger partial charge in [-0.3, -0.25) is 9.69 Å². The molecule has 0 spiro atoms. The van der Waals surface area contributed by atoms with E-state index >= 15 is 0 Å². The van der Waals surface area contributed by atoms with E-state index in [0.29, 0.717) is 12.3 Å². The van der Waals surface area contributed by atoms with Crippen LogP contribution < -0.4 is 5.32 Å². The maximum atomic E-state index is 12.0. The van der Waals surface area contributed by atoms with Crippen molar-refractivity contribution in [1.29, 1.82) is 0 Å². The highest BCUT2D eigenvalue weighted by Crippen LogP contribution is 2.11. The molecule has 1 N–H and O–H groups in total. The Morgan fingerprint density at radius 3 is 2.37 bits per heavy atom. The van der Waals surface area contributed by atoms with Crippen LogP contribution in [0.4, 0.5) is 0 Å². The van der Waals surface area contributed by atoms with Crippen LogP contribution >= 0.6 is 12.4 Å². The van der Waals surface area contributed by atoms with Crippen LogP contribution in [0, 0.1) is 0 Å². The molecule has 1 amide bonds. The first kappa shape index (κ1) is 16.7. The minimum Gasteiger partial charge on any atom is -0.373 e. The normalized spacial score (nSPS) is 28.8. The Balaban J connectivity index is 0.00000180. The number of carbonyl (C=O) groups excluding carboxylic acids is 1. The summed E-state index contributed by atoms with van der Waals surface area (Å²) >= 11 is 0. The molecule has 0 radical (unpaired) electrons. The van der Waals surface area contributed by atoms with Gasteiger partial charge < -0.3 is 15.0 Å². The van der Waals surface area contributed by atoms with Gasteiger partial charge in [0.05, 0.1) is 12.2 Å². The van der Waals surface area contributed by atoms with E-state index in [1.165, 1.54) is 0 Å². The zero-order valence-electron chi connectivity index (χ0n) is 11.9. The predicted molar refractivity (Wildman–Crippen MR) is 77.8 cm³/mol. The topological polar surface area (TPSA) is 44.8 Å². The van der Waals surface area contributed by atoms with Crippen molar-refractivity contribution >= 4 is 18.3 Å². The molecule has 0 saturated carbocycles. The summed E-state index contributed by atoms with van der Waals surface area (Å²) in [6, 6.07) is 0. The van der Waals surface area contributed by atoms with Crippen LogP contribution in [0.25, 0.3) is 0 Å². The number of piperazine rings is 1. The van der Waals surface area contributed by atoms with Gasteiger partial charge in [-0.25, -0.2) is 0 Å². The third-order valence-corrected chi connectivity index (χ3v) is 3.61. The van der Waals surface area contributed by atoms with E-state index in [9.17, 15) is 4.79 Å². The fourth-order valence-corrected chi connectivity index (χ4v) is 2.79. The first-order valence-electron chi connectivity index (χ1n) is 7.01. The molecule has 19 heavy (non-hydrogen) atoms. The highest BCUT2D eigenvalue weighted by molar-refractivity contribution is 5.85. The molecular weight excluding hydrogens is 266 g/mol. The van der Waals surface area contributed by atoms with Crippen molar-refractivity contribution < 1.29 is 9.53 Å². The number of carbonyl (C=O) groups is 1. The fourth-order valence-electron chi connectivity index (χ4n) is 2.79. The highest BCUT2D eigenvalue weighted by atomic mass is 35.5. The largest absolute Gasteiger partial charge is 0.373 e. The predicted octanol–water partition coefficient (Wildman–Crippen LogP) is 0.339. The zero-order valence-corrected chi connectivity index (χ0v) is 12.7. The minimum atomic E-state index is 0. The van der Waals surface area contributed by atoms with Gasteiger partial charge in [0.1, 0.15) is 0 Å². The van der Waals surface area contributed by atoms with Crippen molar-refractivity contribution in [1.82, 2.24) is 15.1 Å². The molecule has 6 heteroatoms. The third kappa shape index (κ3) is 5.26. The van der Waals surface area contributed by atoms with Gasteiger partial charge in [-0.1, -0.05) is 0 Å². The Bertz CT molecular complexity index is 275. The Morgan fingerprint density at radius 2 is 1.79 bits per heavy atom. The highest BCUT2D eigenvalue weighted by Gasteiger charge is 2.23. The summed E-state index contributed by atoms with van der Waals surface area (Å²) in [7, 11) is 0. The number of hydrogen-bond acceptors (Lipinski definition) is 4. The maximum absolute atomic E-state index is 12.0. The van der Waals surface area contributed by atoms with E-state index in [4.69, 9.17) is 4.74 Å². The number of amides is 1. The van der Waals surface area contributed by atoms with Crippen LogP contribution in [-0.4, -0.2) is 73.7 Å². The zero-order chi connectivity index (χ0) is 13.0. The molecule has 0 aromatic carbocycles. The molecule has 112 valence electrons. The van der Waals surface area contributed by atoms with Crippen LogP contribution in [0.5, 0.6) is 0 Å². The molecule has 0 aliphatic carbocycles. The number of halogens is 1. The number of rotatable bonds is 3. The Hall–Kier alpha value is -0.360. The molecule has 0 aromatic rings. The van der Waals surface area contributed by atoms with Gasteiger partial charge in [-0.05, 0) is 13.8 Å². The monoisotopic (exact) mass is 291 g/mol. The van der Waals surface area contributed by atoms with Gasteiger partial charge in [0.25, 0.3) is 0 Å².